The van der Waals surface area contributed by atoms with Crippen molar-refractivity contribution >= 4 is 0 Å². The van der Waals surface area contributed by atoms with Crippen molar-refractivity contribution in [1.29, 1.82) is 0 Å². The molecule has 0 bridgehead atoms. The first-order valence-electron chi connectivity index (χ1n) is 3.85. The SMILES string of the molecule is Cc1ncc(OCC(C)N)cn1. The predicted molar refractivity (Wildman–Crippen MR) is 45.9 cm³/mol. The minimum Gasteiger partial charge on any atom is -0.489 e. The van der Waals surface area contributed by atoms with Gasteiger partial charge in [-0.05, 0) is 13.8 Å². The molecule has 0 amide bonds. The lowest BCUT2D eigenvalue weighted by Gasteiger charge is -2.07. The molecule has 0 aliphatic rings. The van der Waals surface area contributed by atoms with Gasteiger partial charge in [-0.15, -0.1) is 0 Å². The van der Waals surface area contributed by atoms with Crippen LogP contribution < -0.4 is 10.5 Å². The first-order valence-corrected chi connectivity index (χ1v) is 3.85. The summed E-state index contributed by atoms with van der Waals surface area (Å²) in [6.45, 7) is 4.21. The summed E-state index contributed by atoms with van der Waals surface area (Å²) in [4.78, 5) is 7.96. The van der Waals surface area contributed by atoms with Gasteiger partial charge >= 0.3 is 0 Å². The van der Waals surface area contributed by atoms with Crippen LogP contribution in [0.5, 0.6) is 5.75 Å². The lowest BCUT2D eigenvalue weighted by Crippen LogP contribution is -2.23. The van der Waals surface area contributed by atoms with Crippen LogP contribution in [0.4, 0.5) is 0 Å². The smallest absolute Gasteiger partial charge is 0.155 e. The molecule has 1 heterocycles. The van der Waals surface area contributed by atoms with E-state index < -0.39 is 0 Å². The van der Waals surface area contributed by atoms with Crippen molar-refractivity contribution in [3.63, 3.8) is 0 Å². The Kier molecular flexibility index (Phi) is 2.99. The summed E-state index contributed by atoms with van der Waals surface area (Å²) in [7, 11) is 0. The van der Waals surface area contributed by atoms with Gasteiger partial charge in [0.15, 0.2) is 5.75 Å². The van der Waals surface area contributed by atoms with Crippen LogP contribution in [0.2, 0.25) is 0 Å². The average Bonchev–Trinajstić information content (AvgIpc) is 2.03. The predicted octanol–water partition coefficient (Wildman–Crippen LogP) is 0.511. The van der Waals surface area contributed by atoms with Gasteiger partial charge in [-0.1, -0.05) is 0 Å². The van der Waals surface area contributed by atoms with Gasteiger partial charge in [0.05, 0.1) is 12.4 Å². The number of hydrogen-bond donors (Lipinski definition) is 1. The standard InChI is InChI=1S/C8H13N3O/c1-6(9)5-12-8-3-10-7(2)11-4-8/h3-4,6H,5,9H2,1-2H3. The summed E-state index contributed by atoms with van der Waals surface area (Å²) in [6.07, 6.45) is 3.29. The van der Waals surface area contributed by atoms with Gasteiger partial charge in [0.2, 0.25) is 0 Å². The zero-order valence-corrected chi connectivity index (χ0v) is 7.32. The first kappa shape index (κ1) is 8.93. The van der Waals surface area contributed by atoms with E-state index in [2.05, 4.69) is 9.97 Å². The Bertz CT molecular complexity index is 233. The Labute approximate surface area is 71.8 Å². The fourth-order valence-corrected chi connectivity index (χ4v) is 0.683. The van der Waals surface area contributed by atoms with Crippen molar-refractivity contribution in [2.45, 2.75) is 19.9 Å². The van der Waals surface area contributed by atoms with Crippen molar-refractivity contribution in [3.8, 4) is 5.75 Å². The molecule has 0 saturated carbocycles. The van der Waals surface area contributed by atoms with Crippen molar-refractivity contribution < 1.29 is 4.74 Å². The van der Waals surface area contributed by atoms with Crippen LogP contribution in [0.3, 0.4) is 0 Å². The summed E-state index contributed by atoms with van der Waals surface area (Å²) in [5.74, 6) is 1.40. The Morgan fingerprint density at radius 2 is 2.08 bits per heavy atom. The van der Waals surface area contributed by atoms with Crippen LogP contribution in [-0.2, 0) is 0 Å². The molecule has 66 valence electrons. The number of ether oxygens (including phenoxy) is 1. The maximum Gasteiger partial charge on any atom is 0.155 e. The molecule has 12 heavy (non-hydrogen) atoms. The third-order valence-corrected chi connectivity index (χ3v) is 1.27. The highest BCUT2D eigenvalue weighted by molar-refractivity contribution is 5.11. The zero-order chi connectivity index (χ0) is 8.97. The van der Waals surface area contributed by atoms with Crippen molar-refractivity contribution in [1.82, 2.24) is 9.97 Å². The molecule has 0 radical (unpaired) electrons. The van der Waals surface area contributed by atoms with Gasteiger partial charge in [-0.3, -0.25) is 0 Å². The van der Waals surface area contributed by atoms with E-state index in [-0.39, 0.29) is 6.04 Å². The van der Waals surface area contributed by atoms with Crippen LogP contribution in [0.15, 0.2) is 12.4 Å². The molecular formula is C8H13N3O. The Morgan fingerprint density at radius 3 is 2.58 bits per heavy atom. The molecular weight excluding hydrogens is 154 g/mol. The van der Waals surface area contributed by atoms with E-state index in [9.17, 15) is 0 Å². The molecule has 2 N–H and O–H groups in total. The maximum atomic E-state index is 5.50. The van der Waals surface area contributed by atoms with E-state index in [1.54, 1.807) is 12.4 Å². The van der Waals surface area contributed by atoms with Crippen LogP contribution in [-0.4, -0.2) is 22.6 Å². The lowest BCUT2D eigenvalue weighted by atomic mass is 10.4. The van der Waals surface area contributed by atoms with Crippen LogP contribution >= 0.6 is 0 Å². The first-order chi connectivity index (χ1) is 5.68. The van der Waals surface area contributed by atoms with E-state index in [1.165, 1.54) is 0 Å². The third kappa shape index (κ3) is 2.84. The Balaban J connectivity index is 2.48. The maximum absolute atomic E-state index is 5.50. The molecule has 0 aromatic carbocycles. The summed E-state index contributed by atoms with van der Waals surface area (Å²) < 4.78 is 5.27. The molecule has 1 atom stereocenters. The fourth-order valence-electron chi connectivity index (χ4n) is 0.683. The highest BCUT2D eigenvalue weighted by Gasteiger charge is 1.97. The molecule has 4 nitrogen and oxygen atoms in total. The molecule has 0 fully saturated rings. The molecule has 1 rings (SSSR count). The minimum atomic E-state index is 0.0336. The van der Waals surface area contributed by atoms with Crippen LogP contribution in [0.25, 0.3) is 0 Å². The van der Waals surface area contributed by atoms with E-state index in [0.717, 1.165) is 5.82 Å². The van der Waals surface area contributed by atoms with Crippen molar-refractivity contribution in [3.05, 3.63) is 18.2 Å². The fraction of sp³-hybridized carbons (Fsp3) is 0.500. The summed E-state index contributed by atoms with van der Waals surface area (Å²) in [5.41, 5.74) is 5.50. The highest BCUT2D eigenvalue weighted by atomic mass is 16.5. The van der Waals surface area contributed by atoms with E-state index in [1.807, 2.05) is 13.8 Å². The molecule has 1 aromatic rings. The molecule has 1 unspecified atom stereocenters. The quantitative estimate of drug-likeness (QED) is 0.712. The largest absolute Gasteiger partial charge is 0.489 e. The molecule has 0 spiro atoms. The van der Waals surface area contributed by atoms with Gasteiger partial charge < -0.3 is 10.5 Å². The summed E-state index contributed by atoms with van der Waals surface area (Å²) in [5, 5.41) is 0. The van der Waals surface area contributed by atoms with Gasteiger partial charge in [-0.25, -0.2) is 9.97 Å². The monoisotopic (exact) mass is 167 g/mol. The van der Waals surface area contributed by atoms with Crippen LogP contribution in [0.1, 0.15) is 12.7 Å². The van der Waals surface area contributed by atoms with Crippen molar-refractivity contribution in [2.24, 2.45) is 5.73 Å². The van der Waals surface area contributed by atoms with E-state index in [0.29, 0.717) is 12.4 Å². The molecule has 4 heteroatoms. The summed E-state index contributed by atoms with van der Waals surface area (Å²) >= 11 is 0. The van der Waals surface area contributed by atoms with E-state index >= 15 is 0 Å². The second-order valence-electron chi connectivity index (χ2n) is 2.75. The number of nitrogens with two attached hydrogens (primary N) is 1. The Morgan fingerprint density at radius 1 is 1.50 bits per heavy atom. The minimum absolute atomic E-state index is 0.0336. The van der Waals surface area contributed by atoms with Crippen molar-refractivity contribution in [2.75, 3.05) is 6.61 Å². The highest BCUT2D eigenvalue weighted by Crippen LogP contribution is 2.05. The second kappa shape index (κ2) is 4.01. The van der Waals surface area contributed by atoms with Gasteiger partial charge in [0, 0.05) is 6.04 Å². The number of aromatic nitrogens is 2. The number of aryl methyl sites for hydroxylation is 1. The van der Waals surface area contributed by atoms with Gasteiger partial charge in [0.25, 0.3) is 0 Å². The lowest BCUT2D eigenvalue weighted by molar-refractivity contribution is 0.294. The normalized spacial score (nSPS) is 12.6. The molecule has 0 aliphatic heterocycles. The number of rotatable bonds is 3. The van der Waals surface area contributed by atoms with E-state index in [4.69, 9.17) is 10.5 Å². The molecule has 1 aromatic heterocycles. The van der Waals surface area contributed by atoms with Gasteiger partial charge in [-0.2, -0.15) is 0 Å². The van der Waals surface area contributed by atoms with Gasteiger partial charge in [0.1, 0.15) is 12.4 Å². The second-order valence-corrected chi connectivity index (χ2v) is 2.75. The average molecular weight is 167 g/mol. The van der Waals surface area contributed by atoms with Crippen LogP contribution in [0, 0.1) is 6.92 Å². The number of nitrogens with zero attached hydrogens (tertiary/aromatic N) is 2. The Hall–Kier alpha value is -1.16. The summed E-state index contributed by atoms with van der Waals surface area (Å²) in [6, 6.07) is 0.0336. The third-order valence-electron chi connectivity index (χ3n) is 1.27. The molecule has 0 aliphatic carbocycles. The topological polar surface area (TPSA) is 61.0 Å². The zero-order valence-electron chi connectivity index (χ0n) is 7.32. The number of hydrogen-bond acceptors (Lipinski definition) is 4. The molecule has 0 saturated heterocycles.